The van der Waals surface area contributed by atoms with Crippen LogP contribution in [0.2, 0.25) is 0 Å². The SMILES string of the molecule is CCNCC1(Cc2cccc(F)c2)CC1. The summed E-state index contributed by atoms with van der Waals surface area (Å²) in [5.74, 6) is -0.119. The summed E-state index contributed by atoms with van der Waals surface area (Å²) in [5.41, 5.74) is 1.55. The molecular weight excluding hydrogens is 189 g/mol. The summed E-state index contributed by atoms with van der Waals surface area (Å²) in [4.78, 5) is 0. The van der Waals surface area contributed by atoms with Gasteiger partial charge in [0, 0.05) is 6.54 Å². The van der Waals surface area contributed by atoms with Crippen LogP contribution in [-0.2, 0) is 6.42 Å². The van der Waals surface area contributed by atoms with Crippen molar-refractivity contribution in [2.75, 3.05) is 13.1 Å². The summed E-state index contributed by atoms with van der Waals surface area (Å²) < 4.78 is 13.0. The molecule has 1 nitrogen and oxygen atoms in total. The van der Waals surface area contributed by atoms with Crippen molar-refractivity contribution >= 4 is 0 Å². The first-order valence-corrected chi connectivity index (χ1v) is 5.69. The Labute approximate surface area is 90.7 Å². The van der Waals surface area contributed by atoms with Crippen LogP contribution >= 0.6 is 0 Å². The Morgan fingerprint density at radius 2 is 2.20 bits per heavy atom. The van der Waals surface area contributed by atoms with Gasteiger partial charge in [-0.1, -0.05) is 19.1 Å². The second-order valence-electron chi connectivity index (χ2n) is 4.59. The van der Waals surface area contributed by atoms with E-state index in [-0.39, 0.29) is 5.82 Å². The van der Waals surface area contributed by atoms with E-state index in [9.17, 15) is 4.39 Å². The summed E-state index contributed by atoms with van der Waals surface area (Å²) in [7, 11) is 0. The second-order valence-corrected chi connectivity index (χ2v) is 4.59. The van der Waals surface area contributed by atoms with Gasteiger partial charge >= 0.3 is 0 Å². The molecule has 1 aliphatic rings. The monoisotopic (exact) mass is 207 g/mol. The zero-order chi connectivity index (χ0) is 10.7. The third-order valence-corrected chi connectivity index (χ3v) is 3.18. The average Bonchev–Trinajstić information content (AvgIpc) is 2.96. The van der Waals surface area contributed by atoms with E-state index >= 15 is 0 Å². The van der Waals surface area contributed by atoms with E-state index < -0.39 is 0 Å². The molecule has 0 aliphatic heterocycles. The van der Waals surface area contributed by atoms with Crippen LogP contribution in [0, 0.1) is 11.2 Å². The third kappa shape index (κ3) is 2.78. The topological polar surface area (TPSA) is 12.0 Å². The average molecular weight is 207 g/mol. The molecule has 1 saturated carbocycles. The standard InChI is InChI=1S/C13H18FN/c1-2-15-10-13(6-7-13)9-11-4-3-5-12(14)8-11/h3-5,8,15H,2,6-7,9-10H2,1H3. The predicted molar refractivity (Wildman–Crippen MR) is 60.3 cm³/mol. The molecule has 2 rings (SSSR count). The van der Waals surface area contributed by atoms with Crippen LogP contribution in [0.1, 0.15) is 25.3 Å². The molecule has 1 N–H and O–H groups in total. The second kappa shape index (κ2) is 4.31. The van der Waals surface area contributed by atoms with Gasteiger partial charge in [-0.3, -0.25) is 0 Å². The number of halogens is 1. The van der Waals surface area contributed by atoms with Gasteiger partial charge < -0.3 is 5.32 Å². The quantitative estimate of drug-likeness (QED) is 0.783. The zero-order valence-electron chi connectivity index (χ0n) is 9.22. The first-order chi connectivity index (χ1) is 7.24. The molecule has 1 aromatic carbocycles. The summed E-state index contributed by atoms with van der Waals surface area (Å²) in [5, 5.41) is 3.39. The Kier molecular flexibility index (Phi) is 3.06. The Balaban J connectivity index is 1.96. The molecule has 0 radical (unpaired) electrons. The maximum Gasteiger partial charge on any atom is 0.123 e. The predicted octanol–water partition coefficient (Wildman–Crippen LogP) is 2.76. The van der Waals surface area contributed by atoms with E-state index in [0.717, 1.165) is 25.1 Å². The normalized spacial score (nSPS) is 17.7. The van der Waals surface area contributed by atoms with Gasteiger partial charge in [0.15, 0.2) is 0 Å². The van der Waals surface area contributed by atoms with Crippen molar-refractivity contribution in [3.63, 3.8) is 0 Å². The molecule has 0 bridgehead atoms. The van der Waals surface area contributed by atoms with Gasteiger partial charge in [0.1, 0.15) is 5.82 Å². The van der Waals surface area contributed by atoms with E-state index in [4.69, 9.17) is 0 Å². The smallest absolute Gasteiger partial charge is 0.123 e. The minimum absolute atomic E-state index is 0.119. The Hall–Kier alpha value is -0.890. The molecule has 1 aliphatic carbocycles. The van der Waals surface area contributed by atoms with Gasteiger partial charge in [-0.15, -0.1) is 0 Å². The van der Waals surface area contributed by atoms with E-state index in [1.165, 1.54) is 18.9 Å². The highest BCUT2D eigenvalue weighted by molar-refractivity contribution is 5.20. The van der Waals surface area contributed by atoms with Gasteiger partial charge in [-0.25, -0.2) is 4.39 Å². The Morgan fingerprint density at radius 1 is 1.40 bits per heavy atom. The molecule has 0 atom stereocenters. The lowest BCUT2D eigenvalue weighted by molar-refractivity contribution is 0.462. The summed E-state index contributed by atoms with van der Waals surface area (Å²) in [6, 6.07) is 6.99. The molecule has 0 heterocycles. The fourth-order valence-corrected chi connectivity index (χ4v) is 2.06. The van der Waals surface area contributed by atoms with Crippen molar-refractivity contribution in [1.82, 2.24) is 5.32 Å². The number of hydrogen-bond acceptors (Lipinski definition) is 1. The van der Waals surface area contributed by atoms with E-state index in [1.54, 1.807) is 12.1 Å². The molecule has 1 fully saturated rings. The van der Waals surface area contributed by atoms with Gasteiger partial charge in [-0.2, -0.15) is 0 Å². The van der Waals surface area contributed by atoms with Gasteiger partial charge in [0.2, 0.25) is 0 Å². The highest BCUT2D eigenvalue weighted by Crippen LogP contribution is 2.47. The van der Waals surface area contributed by atoms with Crippen LogP contribution in [-0.4, -0.2) is 13.1 Å². The molecule has 2 heteroatoms. The summed E-state index contributed by atoms with van der Waals surface area (Å²) in [6.45, 7) is 4.21. The van der Waals surface area contributed by atoms with E-state index in [2.05, 4.69) is 12.2 Å². The Morgan fingerprint density at radius 3 is 2.80 bits per heavy atom. The fourth-order valence-electron chi connectivity index (χ4n) is 2.06. The minimum Gasteiger partial charge on any atom is -0.316 e. The number of benzene rings is 1. The first-order valence-electron chi connectivity index (χ1n) is 5.69. The Bertz CT molecular complexity index is 331. The molecule has 82 valence electrons. The van der Waals surface area contributed by atoms with Crippen molar-refractivity contribution < 1.29 is 4.39 Å². The lowest BCUT2D eigenvalue weighted by Gasteiger charge is -2.15. The first kappa shape index (κ1) is 10.6. The molecule has 0 unspecified atom stereocenters. The molecular formula is C13H18FN. The number of hydrogen-bond donors (Lipinski definition) is 1. The molecule has 0 amide bonds. The van der Waals surface area contributed by atoms with Gasteiger partial charge in [0.05, 0.1) is 0 Å². The summed E-state index contributed by atoms with van der Waals surface area (Å²) >= 11 is 0. The van der Waals surface area contributed by atoms with Crippen molar-refractivity contribution in [2.45, 2.75) is 26.2 Å². The lowest BCUT2D eigenvalue weighted by atomic mass is 9.96. The molecule has 0 spiro atoms. The van der Waals surface area contributed by atoms with Gasteiger partial charge in [-0.05, 0) is 48.9 Å². The fraction of sp³-hybridized carbons (Fsp3) is 0.538. The largest absolute Gasteiger partial charge is 0.316 e. The van der Waals surface area contributed by atoms with Crippen LogP contribution in [0.5, 0.6) is 0 Å². The maximum atomic E-state index is 13.0. The van der Waals surface area contributed by atoms with E-state index in [1.807, 2.05) is 6.07 Å². The van der Waals surface area contributed by atoms with Crippen molar-refractivity contribution in [2.24, 2.45) is 5.41 Å². The highest BCUT2D eigenvalue weighted by Gasteiger charge is 2.41. The van der Waals surface area contributed by atoms with Crippen LogP contribution in [0.3, 0.4) is 0 Å². The zero-order valence-corrected chi connectivity index (χ0v) is 9.22. The molecule has 0 saturated heterocycles. The van der Waals surface area contributed by atoms with Gasteiger partial charge in [0.25, 0.3) is 0 Å². The van der Waals surface area contributed by atoms with Crippen molar-refractivity contribution in [3.8, 4) is 0 Å². The van der Waals surface area contributed by atoms with Crippen LogP contribution in [0.4, 0.5) is 4.39 Å². The molecule has 0 aromatic heterocycles. The molecule has 1 aromatic rings. The van der Waals surface area contributed by atoms with Crippen LogP contribution in [0.15, 0.2) is 24.3 Å². The highest BCUT2D eigenvalue weighted by atomic mass is 19.1. The number of rotatable bonds is 5. The maximum absolute atomic E-state index is 13.0. The molecule has 15 heavy (non-hydrogen) atoms. The van der Waals surface area contributed by atoms with Crippen molar-refractivity contribution in [3.05, 3.63) is 35.6 Å². The summed E-state index contributed by atoms with van der Waals surface area (Å²) in [6.07, 6.45) is 3.56. The van der Waals surface area contributed by atoms with E-state index in [0.29, 0.717) is 5.41 Å². The van der Waals surface area contributed by atoms with Crippen molar-refractivity contribution in [1.29, 1.82) is 0 Å². The van der Waals surface area contributed by atoms with Crippen LogP contribution < -0.4 is 5.32 Å². The van der Waals surface area contributed by atoms with Crippen LogP contribution in [0.25, 0.3) is 0 Å². The third-order valence-electron chi connectivity index (χ3n) is 3.18. The lowest BCUT2D eigenvalue weighted by Crippen LogP contribution is -2.25. The minimum atomic E-state index is -0.119. The number of nitrogens with one attached hydrogen (secondary N) is 1.